The predicted molar refractivity (Wildman–Crippen MR) is 166 cm³/mol. The highest BCUT2D eigenvalue weighted by molar-refractivity contribution is 5.87. The van der Waals surface area contributed by atoms with Gasteiger partial charge in [-0.3, -0.25) is 9.36 Å². The topological polar surface area (TPSA) is 130 Å². The molecule has 5 rings (SSSR count). The number of ether oxygens (including phenoxy) is 5. The van der Waals surface area contributed by atoms with Crippen LogP contribution in [0.5, 0.6) is 11.5 Å². The van der Waals surface area contributed by atoms with E-state index in [1.165, 1.54) is 30.9 Å². The number of rotatable bonds is 12. The van der Waals surface area contributed by atoms with Crippen LogP contribution in [0.25, 0.3) is 0 Å². The van der Waals surface area contributed by atoms with E-state index < -0.39 is 35.8 Å². The van der Waals surface area contributed by atoms with Crippen molar-refractivity contribution in [2.45, 2.75) is 43.5 Å². The molecule has 0 saturated carbocycles. The molecule has 4 atom stereocenters. The first-order chi connectivity index (χ1) is 21.8. The molecule has 0 aliphatic carbocycles. The van der Waals surface area contributed by atoms with E-state index in [0.29, 0.717) is 11.5 Å². The number of aliphatic hydroxyl groups is 1. The number of benzene rings is 3. The highest BCUT2D eigenvalue weighted by atomic mass is 16.6. The van der Waals surface area contributed by atoms with Gasteiger partial charge >= 0.3 is 5.69 Å². The molecular formula is C34H37N3O8. The van der Waals surface area contributed by atoms with Crippen molar-refractivity contribution in [1.82, 2.24) is 9.55 Å². The van der Waals surface area contributed by atoms with Gasteiger partial charge in [0.25, 0.3) is 0 Å². The van der Waals surface area contributed by atoms with Gasteiger partial charge in [-0.1, -0.05) is 54.6 Å². The Morgan fingerprint density at radius 3 is 2.00 bits per heavy atom. The van der Waals surface area contributed by atoms with Crippen LogP contribution in [0.3, 0.4) is 0 Å². The maximum atomic E-state index is 12.8. The van der Waals surface area contributed by atoms with Crippen molar-refractivity contribution in [3.05, 3.63) is 118 Å². The quantitative estimate of drug-likeness (QED) is 0.228. The monoisotopic (exact) mass is 615 g/mol. The molecule has 11 nitrogen and oxygen atoms in total. The molecule has 0 bridgehead atoms. The normalized spacial score (nSPS) is 19.7. The van der Waals surface area contributed by atoms with Gasteiger partial charge in [0.2, 0.25) is 5.91 Å². The van der Waals surface area contributed by atoms with E-state index in [2.05, 4.69) is 10.3 Å². The number of carbonyl (C=O) groups excluding carboxylic acids is 1. The van der Waals surface area contributed by atoms with Gasteiger partial charge in [-0.15, -0.1) is 0 Å². The number of nitrogens with one attached hydrogen (secondary N) is 1. The molecule has 0 spiro atoms. The van der Waals surface area contributed by atoms with Crippen molar-refractivity contribution in [3.63, 3.8) is 0 Å². The average Bonchev–Trinajstić information content (AvgIpc) is 3.37. The van der Waals surface area contributed by atoms with Crippen molar-refractivity contribution >= 4 is 11.7 Å². The SMILES string of the molecule is COc1ccc(C(OCC[C@H]2O[C@@H](n3ccc(NC(C)=O)nc3=O)[C@H](OC)[C@@H]2O)(c2ccccc2)c2ccc(OC)cc2)cc1. The van der Waals surface area contributed by atoms with E-state index >= 15 is 0 Å². The number of hydrogen-bond donors (Lipinski definition) is 2. The molecule has 3 aromatic carbocycles. The zero-order valence-corrected chi connectivity index (χ0v) is 25.6. The summed E-state index contributed by atoms with van der Waals surface area (Å²) in [5, 5.41) is 13.7. The molecule has 1 saturated heterocycles. The molecule has 0 unspecified atom stereocenters. The molecule has 11 heteroatoms. The van der Waals surface area contributed by atoms with Gasteiger partial charge in [0.15, 0.2) is 6.23 Å². The Hall–Kier alpha value is -4.55. The summed E-state index contributed by atoms with van der Waals surface area (Å²) >= 11 is 0. The van der Waals surface area contributed by atoms with Gasteiger partial charge in [0, 0.05) is 20.2 Å². The molecule has 2 heterocycles. The Bertz CT molecular complexity index is 1580. The molecule has 236 valence electrons. The lowest BCUT2D eigenvalue weighted by Crippen LogP contribution is -2.37. The van der Waals surface area contributed by atoms with Crippen LogP contribution < -0.4 is 20.5 Å². The molecule has 2 N–H and O–H groups in total. The van der Waals surface area contributed by atoms with Crippen LogP contribution >= 0.6 is 0 Å². The molecule has 45 heavy (non-hydrogen) atoms. The Morgan fingerprint density at radius 1 is 0.911 bits per heavy atom. The lowest BCUT2D eigenvalue weighted by Gasteiger charge is -2.36. The number of nitrogens with zero attached hydrogens (tertiary/aromatic N) is 2. The van der Waals surface area contributed by atoms with E-state index in [4.69, 9.17) is 23.7 Å². The summed E-state index contributed by atoms with van der Waals surface area (Å²) in [4.78, 5) is 28.1. The number of aliphatic hydroxyl groups excluding tert-OH is 1. The molecule has 1 aliphatic heterocycles. The van der Waals surface area contributed by atoms with E-state index in [9.17, 15) is 14.7 Å². The number of aromatic nitrogens is 2. The highest BCUT2D eigenvalue weighted by Gasteiger charge is 2.46. The minimum atomic E-state index is -1.06. The van der Waals surface area contributed by atoms with Crippen molar-refractivity contribution in [3.8, 4) is 11.5 Å². The summed E-state index contributed by atoms with van der Waals surface area (Å²) in [7, 11) is 4.68. The van der Waals surface area contributed by atoms with Gasteiger partial charge < -0.3 is 34.1 Å². The number of anilines is 1. The smallest absolute Gasteiger partial charge is 0.351 e. The third-order valence-corrected chi connectivity index (χ3v) is 7.89. The summed E-state index contributed by atoms with van der Waals surface area (Å²) < 4.78 is 30.8. The van der Waals surface area contributed by atoms with Gasteiger partial charge in [-0.05, 0) is 53.4 Å². The largest absolute Gasteiger partial charge is 0.497 e. The van der Waals surface area contributed by atoms with Crippen LogP contribution in [0.15, 0.2) is 95.9 Å². The second kappa shape index (κ2) is 14.0. The summed E-state index contributed by atoms with van der Waals surface area (Å²) in [6, 6.07) is 26.8. The molecule has 0 radical (unpaired) electrons. The Kier molecular flexibility index (Phi) is 9.94. The Balaban J connectivity index is 1.45. The van der Waals surface area contributed by atoms with E-state index in [-0.39, 0.29) is 24.8 Å². The second-order valence-electron chi connectivity index (χ2n) is 10.6. The molecule has 1 aliphatic rings. The van der Waals surface area contributed by atoms with E-state index in [1.54, 1.807) is 14.2 Å². The van der Waals surface area contributed by atoms with Crippen LogP contribution in [-0.4, -0.2) is 66.8 Å². The van der Waals surface area contributed by atoms with Gasteiger partial charge in [-0.2, -0.15) is 4.98 Å². The fourth-order valence-corrected chi connectivity index (χ4v) is 5.69. The molecule has 1 amide bonds. The number of hydrogen-bond acceptors (Lipinski definition) is 9. The first kappa shape index (κ1) is 31.9. The third-order valence-electron chi connectivity index (χ3n) is 7.89. The van der Waals surface area contributed by atoms with Gasteiger partial charge in [0.1, 0.15) is 35.1 Å². The van der Waals surface area contributed by atoms with Crippen LogP contribution in [0.4, 0.5) is 5.82 Å². The van der Waals surface area contributed by atoms with Crippen molar-refractivity contribution < 1.29 is 33.6 Å². The van der Waals surface area contributed by atoms with Crippen molar-refractivity contribution in [1.29, 1.82) is 0 Å². The van der Waals surface area contributed by atoms with Crippen LogP contribution in [0, 0.1) is 0 Å². The number of methoxy groups -OCH3 is 3. The lowest BCUT2D eigenvalue weighted by atomic mass is 9.80. The van der Waals surface area contributed by atoms with Crippen LogP contribution in [0.1, 0.15) is 36.3 Å². The standard InChI is InChI=1S/C34H37N3O8/c1-22(38)35-29-18-20-37(33(40)36-29)32-31(43-4)30(39)28(45-32)19-21-44-34(23-8-6-5-7-9-23,24-10-14-26(41-2)15-11-24)25-12-16-27(42-3)17-13-25/h5-18,20,28,30-32,39H,19,21H2,1-4H3,(H,35,36,38,40)/t28-,30-,31-,32-/m1/s1. The van der Waals surface area contributed by atoms with Gasteiger partial charge in [0.05, 0.1) is 26.9 Å². The Morgan fingerprint density at radius 2 is 1.49 bits per heavy atom. The predicted octanol–water partition coefficient (Wildman–Crippen LogP) is 3.89. The minimum absolute atomic E-state index is 0.121. The molecule has 1 aromatic heterocycles. The van der Waals surface area contributed by atoms with Gasteiger partial charge in [-0.25, -0.2) is 4.79 Å². The summed E-state index contributed by atoms with van der Waals surface area (Å²) in [5.74, 6) is 1.20. The fraction of sp³-hybridized carbons (Fsp3) is 0.324. The zero-order chi connectivity index (χ0) is 32.0. The number of amides is 1. The first-order valence-corrected chi connectivity index (χ1v) is 14.5. The fourth-order valence-electron chi connectivity index (χ4n) is 5.69. The van der Waals surface area contributed by atoms with Crippen molar-refractivity contribution in [2.75, 3.05) is 33.3 Å². The third kappa shape index (κ3) is 6.62. The molecule has 4 aromatic rings. The maximum Gasteiger partial charge on any atom is 0.351 e. The summed E-state index contributed by atoms with van der Waals surface area (Å²) in [6.45, 7) is 1.50. The lowest BCUT2D eigenvalue weighted by molar-refractivity contribution is -0.114. The van der Waals surface area contributed by atoms with E-state index in [1.807, 2.05) is 78.9 Å². The van der Waals surface area contributed by atoms with Crippen LogP contribution in [0.2, 0.25) is 0 Å². The summed E-state index contributed by atoms with van der Waals surface area (Å²) in [5.41, 5.74) is 0.954. The summed E-state index contributed by atoms with van der Waals surface area (Å²) in [6.07, 6.45) is -1.83. The Labute approximate surface area is 261 Å². The molecule has 1 fully saturated rings. The second-order valence-corrected chi connectivity index (χ2v) is 10.6. The van der Waals surface area contributed by atoms with E-state index in [0.717, 1.165) is 16.7 Å². The minimum Gasteiger partial charge on any atom is -0.497 e. The van der Waals surface area contributed by atoms with Crippen LogP contribution in [-0.2, 0) is 24.6 Å². The molecular weight excluding hydrogens is 578 g/mol. The highest BCUT2D eigenvalue weighted by Crippen LogP contribution is 2.42. The number of carbonyl (C=O) groups is 1. The van der Waals surface area contributed by atoms with Crippen molar-refractivity contribution in [2.24, 2.45) is 0 Å². The maximum absolute atomic E-state index is 12.8. The average molecular weight is 616 g/mol. The zero-order valence-electron chi connectivity index (χ0n) is 25.6. The first-order valence-electron chi connectivity index (χ1n) is 14.5.